The molecule has 3 aromatic rings. The summed E-state index contributed by atoms with van der Waals surface area (Å²) in [6, 6.07) is 10.6. The predicted octanol–water partition coefficient (Wildman–Crippen LogP) is 3.58. The van der Waals surface area contributed by atoms with Gasteiger partial charge in [0.2, 0.25) is 0 Å². The molecular weight excluding hydrogens is 314 g/mol. The Bertz CT molecular complexity index is 795. The van der Waals surface area contributed by atoms with Crippen LogP contribution in [0.5, 0.6) is 0 Å². The maximum Gasteiger partial charge on any atom is 0.337 e. The summed E-state index contributed by atoms with van der Waals surface area (Å²) in [6.45, 7) is 3.14. The fraction of sp³-hybridized carbons (Fsp3) is 0.176. The van der Waals surface area contributed by atoms with Crippen molar-refractivity contribution in [3.63, 3.8) is 0 Å². The molecule has 23 heavy (non-hydrogen) atoms. The second-order valence-corrected chi connectivity index (χ2v) is 5.26. The molecule has 2 heterocycles. The molecule has 0 aliphatic heterocycles. The molecule has 3 rings (SSSR count). The van der Waals surface area contributed by atoms with Crippen LogP contribution < -0.4 is 5.32 Å². The number of nitrogens with one attached hydrogen (secondary N) is 1. The number of nitrogens with zero attached hydrogens (tertiary/aromatic N) is 2. The third-order valence-electron chi connectivity index (χ3n) is 3.19. The molecule has 2 N–H and O–H groups in total. The number of imidazole rings is 1. The maximum absolute atomic E-state index is 10.9. The minimum Gasteiger partial charge on any atom is -0.478 e. The number of aromatic nitrogens is 2. The third-order valence-corrected chi connectivity index (χ3v) is 3.44. The molecule has 0 fully saturated rings. The number of carboxylic acid groups (broad SMARTS) is 1. The molecule has 0 aliphatic rings. The Kier molecular flexibility index (Phi) is 5.73. The highest BCUT2D eigenvalue weighted by atomic mass is 35.5. The van der Waals surface area contributed by atoms with Gasteiger partial charge in [0.15, 0.2) is 0 Å². The van der Waals surface area contributed by atoms with Crippen molar-refractivity contribution >= 4 is 23.2 Å². The number of aromatic carboxylic acids is 1. The Labute approximate surface area is 139 Å². The first-order valence-electron chi connectivity index (χ1n) is 7.17. The summed E-state index contributed by atoms with van der Waals surface area (Å²) in [5.41, 5.74) is 2.65. The lowest BCUT2D eigenvalue weighted by Gasteiger charge is -1.95. The van der Waals surface area contributed by atoms with E-state index in [9.17, 15) is 4.79 Å². The Morgan fingerprint density at radius 3 is 2.43 bits per heavy atom. The van der Waals surface area contributed by atoms with E-state index in [1.807, 2.05) is 19.2 Å². The van der Waals surface area contributed by atoms with Crippen molar-refractivity contribution < 1.29 is 9.90 Å². The zero-order valence-corrected chi connectivity index (χ0v) is 13.7. The normalized spacial score (nSPS) is 10.2. The average molecular weight is 332 g/mol. The molecule has 0 radical (unpaired) electrons. The van der Waals surface area contributed by atoms with Gasteiger partial charge in [-0.3, -0.25) is 0 Å². The number of pyridine rings is 1. The smallest absolute Gasteiger partial charge is 0.337 e. The van der Waals surface area contributed by atoms with Crippen LogP contribution in [0.25, 0.3) is 16.9 Å². The molecule has 0 amide bonds. The number of fused-ring (bicyclic) bond motifs is 1. The van der Waals surface area contributed by atoms with Crippen molar-refractivity contribution in [2.24, 2.45) is 0 Å². The van der Waals surface area contributed by atoms with Crippen LogP contribution in [0.2, 0.25) is 5.02 Å². The summed E-state index contributed by atoms with van der Waals surface area (Å²) < 4.78 is 1.70. The fourth-order valence-corrected chi connectivity index (χ4v) is 2.00. The lowest BCUT2D eigenvalue weighted by molar-refractivity contribution is 0.0696. The van der Waals surface area contributed by atoms with Gasteiger partial charge in [-0.05, 0) is 37.9 Å². The number of carboxylic acids is 1. The first-order valence-corrected chi connectivity index (χ1v) is 7.55. The summed E-state index contributed by atoms with van der Waals surface area (Å²) in [6.07, 6.45) is 3.34. The van der Waals surface area contributed by atoms with Crippen molar-refractivity contribution in [2.45, 2.75) is 6.92 Å². The lowest BCUT2D eigenvalue weighted by Crippen LogP contribution is -2.01. The van der Waals surface area contributed by atoms with Gasteiger partial charge in [0.1, 0.15) is 5.65 Å². The van der Waals surface area contributed by atoms with E-state index < -0.39 is 5.97 Å². The van der Waals surface area contributed by atoms with E-state index in [0.717, 1.165) is 17.8 Å². The minimum atomic E-state index is -0.955. The fourth-order valence-electron chi connectivity index (χ4n) is 1.88. The van der Waals surface area contributed by atoms with Crippen LogP contribution in [0.4, 0.5) is 0 Å². The van der Waals surface area contributed by atoms with Crippen molar-refractivity contribution in [1.82, 2.24) is 14.7 Å². The number of halogens is 1. The number of hydrogen-bond acceptors (Lipinski definition) is 3. The molecule has 0 spiro atoms. The number of rotatable bonds is 3. The van der Waals surface area contributed by atoms with Crippen LogP contribution in [-0.4, -0.2) is 34.1 Å². The average Bonchev–Trinajstić information content (AvgIpc) is 2.98. The molecule has 2 aromatic heterocycles. The van der Waals surface area contributed by atoms with Gasteiger partial charge in [0, 0.05) is 23.0 Å². The molecule has 0 aliphatic carbocycles. The van der Waals surface area contributed by atoms with E-state index in [1.165, 1.54) is 6.07 Å². The van der Waals surface area contributed by atoms with E-state index in [-0.39, 0.29) is 5.56 Å². The molecular formula is C17H18ClN3O2. The van der Waals surface area contributed by atoms with Gasteiger partial charge in [-0.2, -0.15) is 0 Å². The van der Waals surface area contributed by atoms with Gasteiger partial charge in [-0.25, -0.2) is 9.78 Å². The SMILES string of the molecule is CCNC.O=C(O)c1ccc2nc(-c3ccc(Cl)cc3)cn2c1. The number of carbonyl (C=O) groups is 1. The highest BCUT2D eigenvalue weighted by molar-refractivity contribution is 6.30. The van der Waals surface area contributed by atoms with Crippen LogP contribution in [0.15, 0.2) is 48.8 Å². The quantitative estimate of drug-likeness (QED) is 0.770. The molecule has 0 unspecified atom stereocenters. The van der Waals surface area contributed by atoms with E-state index >= 15 is 0 Å². The van der Waals surface area contributed by atoms with E-state index in [2.05, 4.69) is 17.2 Å². The molecule has 6 heteroatoms. The van der Waals surface area contributed by atoms with Crippen LogP contribution >= 0.6 is 11.6 Å². The van der Waals surface area contributed by atoms with Crippen LogP contribution in [0.1, 0.15) is 17.3 Å². The Balaban J connectivity index is 0.000000433. The lowest BCUT2D eigenvalue weighted by atomic mass is 10.2. The van der Waals surface area contributed by atoms with Crippen molar-refractivity contribution in [2.75, 3.05) is 13.6 Å². The third kappa shape index (κ3) is 4.31. The highest BCUT2D eigenvalue weighted by Crippen LogP contribution is 2.21. The molecule has 1 aromatic carbocycles. The standard InChI is InChI=1S/C14H9ClN2O2.C3H9N/c15-11-4-1-9(2-5-11)12-8-17-7-10(14(18)19)3-6-13(17)16-12;1-3-4-2/h1-8H,(H,18,19);4H,3H2,1-2H3. The molecule has 0 atom stereocenters. The Morgan fingerprint density at radius 2 is 1.87 bits per heavy atom. The van der Waals surface area contributed by atoms with Gasteiger partial charge < -0.3 is 14.8 Å². The van der Waals surface area contributed by atoms with Gasteiger partial charge in [0.05, 0.1) is 11.3 Å². The predicted molar refractivity (Wildman–Crippen MR) is 92.2 cm³/mol. The zero-order chi connectivity index (χ0) is 16.8. The molecule has 120 valence electrons. The highest BCUT2D eigenvalue weighted by Gasteiger charge is 2.07. The molecule has 0 saturated carbocycles. The second kappa shape index (κ2) is 7.76. The molecule has 0 bridgehead atoms. The zero-order valence-electron chi connectivity index (χ0n) is 13.0. The van der Waals surface area contributed by atoms with Gasteiger partial charge in [0.25, 0.3) is 0 Å². The van der Waals surface area contributed by atoms with Gasteiger partial charge >= 0.3 is 5.97 Å². The van der Waals surface area contributed by atoms with Crippen LogP contribution in [0, 0.1) is 0 Å². The maximum atomic E-state index is 10.9. The molecule has 5 nitrogen and oxygen atoms in total. The Morgan fingerprint density at radius 1 is 1.22 bits per heavy atom. The Hall–Kier alpha value is -2.37. The van der Waals surface area contributed by atoms with Crippen LogP contribution in [-0.2, 0) is 0 Å². The topological polar surface area (TPSA) is 66.6 Å². The molecule has 0 saturated heterocycles. The van der Waals surface area contributed by atoms with Crippen molar-refractivity contribution in [3.05, 3.63) is 59.4 Å². The number of benzene rings is 1. The first-order chi connectivity index (χ1) is 11.0. The van der Waals surface area contributed by atoms with E-state index in [4.69, 9.17) is 16.7 Å². The number of hydrogen-bond donors (Lipinski definition) is 2. The summed E-state index contributed by atoms with van der Waals surface area (Å²) >= 11 is 5.84. The monoisotopic (exact) mass is 331 g/mol. The second-order valence-electron chi connectivity index (χ2n) is 4.83. The summed E-state index contributed by atoms with van der Waals surface area (Å²) in [7, 11) is 1.93. The summed E-state index contributed by atoms with van der Waals surface area (Å²) in [5.74, 6) is -0.955. The summed E-state index contributed by atoms with van der Waals surface area (Å²) in [4.78, 5) is 15.4. The van der Waals surface area contributed by atoms with Crippen molar-refractivity contribution in [3.8, 4) is 11.3 Å². The summed E-state index contributed by atoms with van der Waals surface area (Å²) in [5, 5.41) is 12.5. The van der Waals surface area contributed by atoms with Crippen molar-refractivity contribution in [1.29, 1.82) is 0 Å². The van der Waals surface area contributed by atoms with E-state index in [1.54, 1.807) is 35.0 Å². The first kappa shape index (κ1) is 17.0. The largest absolute Gasteiger partial charge is 0.478 e. The van der Waals surface area contributed by atoms with Crippen LogP contribution in [0.3, 0.4) is 0 Å². The van der Waals surface area contributed by atoms with Gasteiger partial charge in [-0.1, -0.05) is 30.7 Å². The van der Waals surface area contributed by atoms with E-state index in [0.29, 0.717) is 10.7 Å². The van der Waals surface area contributed by atoms with Gasteiger partial charge in [-0.15, -0.1) is 0 Å². The minimum absolute atomic E-state index is 0.229.